The number of carbonyl (C=O) groups excluding carboxylic acids is 1. The van der Waals surface area contributed by atoms with Crippen LogP contribution in [0.25, 0.3) is 0 Å². The molecule has 0 aliphatic rings. The van der Waals surface area contributed by atoms with Gasteiger partial charge in [-0.3, -0.25) is 4.79 Å². The average Bonchev–Trinajstić information content (AvgIpc) is 2.26. The van der Waals surface area contributed by atoms with Crippen LogP contribution < -0.4 is 11.1 Å². The van der Waals surface area contributed by atoms with Gasteiger partial charge >= 0.3 is 0 Å². The van der Waals surface area contributed by atoms with Gasteiger partial charge in [0.25, 0.3) is 0 Å². The third kappa shape index (κ3) is 3.60. The van der Waals surface area contributed by atoms with Gasteiger partial charge in [-0.25, -0.2) is 0 Å². The van der Waals surface area contributed by atoms with Crippen molar-refractivity contribution in [1.29, 1.82) is 0 Å². The number of hydrogen-bond donors (Lipinski definition) is 2. The molecule has 0 radical (unpaired) electrons. The van der Waals surface area contributed by atoms with Gasteiger partial charge in [-0.05, 0) is 31.5 Å². The van der Waals surface area contributed by atoms with Gasteiger partial charge in [0.1, 0.15) is 0 Å². The van der Waals surface area contributed by atoms with Crippen LogP contribution in [0.3, 0.4) is 0 Å². The fourth-order valence-corrected chi connectivity index (χ4v) is 1.57. The van der Waals surface area contributed by atoms with Crippen molar-refractivity contribution in [2.75, 3.05) is 12.3 Å². The van der Waals surface area contributed by atoms with E-state index in [0.29, 0.717) is 12.2 Å². The Morgan fingerprint density at radius 2 is 1.94 bits per heavy atom. The second-order valence-corrected chi connectivity index (χ2v) is 5.57. The molecular formula is C13H17BrN2O. The Kier molecular flexibility index (Phi) is 4.34. The first-order valence-electron chi connectivity index (χ1n) is 5.31. The molecule has 4 heteroatoms. The first-order valence-corrected chi connectivity index (χ1v) is 6.11. The summed E-state index contributed by atoms with van der Waals surface area (Å²) < 4.78 is 0.749. The number of nitrogens with two attached hydrogens (primary N) is 1. The average molecular weight is 297 g/mol. The lowest BCUT2D eigenvalue weighted by atomic mass is 9.83. The number of nitrogen functional groups attached to an aromatic ring is 1. The normalized spacial score (nSPS) is 11.0. The first kappa shape index (κ1) is 13.8. The Balaban J connectivity index is 2.82. The van der Waals surface area contributed by atoms with Gasteiger partial charge in [0, 0.05) is 16.7 Å². The van der Waals surface area contributed by atoms with E-state index >= 15 is 0 Å². The zero-order valence-corrected chi connectivity index (χ0v) is 11.7. The molecule has 0 aliphatic heterocycles. The highest BCUT2D eigenvalue weighted by Gasteiger charge is 2.29. The van der Waals surface area contributed by atoms with Crippen molar-refractivity contribution >= 4 is 27.5 Å². The zero-order valence-electron chi connectivity index (χ0n) is 10.1. The van der Waals surface area contributed by atoms with Crippen LogP contribution >= 0.6 is 15.9 Å². The monoisotopic (exact) mass is 296 g/mol. The van der Waals surface area contributed by atoms with Gasteiger partial charge < -0.3 is 11.1 Å². The summed E-state index contributed by atoms with van der Waals surface area (Å²) in [6.07, 6.45) is 0. The molecule has 1 rings (SSSR count). The molecule has 3 N–H and O–H groups in total. The Morgan fingerprint density at radius 3 is 2.41 bits per heavy atom. The topological polar surface area (TPSA) is 55.1 Å². The van der Waals surface area contributed by atoms with E-state index in [1.807, 2.05) is 26.0 Å². The Bertz CT molecular complexity index is 424. The molecule has 0 unspecified atom stereocenters. The highest BCUT2D eigenvalue weighted by atomic mass is 79.9. The lowest BCUT2D eigenvalue weighted by Gasteiger charge is -2.24. The van der Waals surface area contributed by atoms with Crippen LogP contribution in [0.2, 0.25) is 0 Å². The number of benzene rings is 1. The Morgan fingerprint density at radius 1 is 1.41 bits per heavy atom. The predicted octanol–water partition coefficient (Wildman–Crippen LogP) is 2.57. The summed E-state index contributed by atoms with van der Waals surface area (Å²) in [7, 11) is 0. The van der Waals surface area contributed by atoms with Crippen LogP contribution in [-0.4, -0.2) is 12.5 Å². The van der Waals surface area contributed by atoms with E-state index in [4.69, 9.17) is 5.73 Å². The van der Waals surface area contributed by atoms with Gasteiger partial charge in [-0.2, -0.15) is 0 Å². The van der Waals surface area contributed by atoms with E-state index in [-0.39, 0.29) is 5.91 Å². The number of anilines is 1. The van der Waals surface area contributed by atoms with Crippen LogP contribution in [0.15, 0.2) is 35.3 Å². The van der Waals surface area contributed by atoms with Gasteiger partial charge in [0.15, 0.2) is 0 Å². The second kappa shape index (κ2) is 5.36. The van der Waals surface area contributed by atoms with Crippen molar-refractivity contribution in [3.8, 4) is 0 Å². The van der Waals surface area contributed by atoms with Crippen molar-refractivity contribution in [2.45, 2.75) is 19.3 Å². The minimum absolute atomic E-state index is 0.0390. The third-order valence-electron chi connectivity index (χ3n) is 2.64. The highest BCUT2D eigenvalue weighted by molar-refractivity contribution is 9.11. The molecular weight excluding hydrogens is 280 g/mol. The number of rotatable bonds is 4. The van der Waals surface area contributed by atoms with Gasteiger partial charge in [-0.15, -0.1) is 0 Å². The van der Waals surface area contributed by atoms with Crippen LogP contribution in [0.1, 0.15) is 19.4 Å². The number of halogens is 1. The van der Waals surface area contributed by atoms with Crippen LogP contribution in [0.5, 0.6) is 0 Å². The number of amides is 1. The lowest BCUT2D eigenvalue weighted by molar-refractivity contribution is -0.125. The maximum Gasteiger partial charge on any atom is 0.230 e. The molecule has 1 aromatic carbocycles. The largest absolute Gasteiger partial charge is 0.399 e. The molecule has 0 aliphatic carbocycles. The van der Waals surface area contributed by atoms with Crippen molar-refractivity contribution in [1.82, 2.24) is 5.32 Å². The third-order valence-corrected chi connectivity index (χ3v) is 2.92. The molecule has 0 fully saturated rings. The van der Waals surface area contributed by atoms with Crippen LogP contribution in [0.4, 0.5) is 5.69 Å². The Hall–Kier alpha value is -1.29. The first-order chi connectivity index (χ1) is 7.84. The fraction of sp³-hybridized carbons (Fsp3) is 0.308. The van der Waals surface area contributed by atoms with E-state index in [1.165, 1.54) is 0 Å². The minimum atomic E-state index is -0.587. The van der Waals surface area contributed by atoms with Gasteiger partial charge in [0.05, 0.1) is 5.41 Å². The molecule has 1 amide bonds. The summed E-state index contributed by atoms with van der Waals surface area (Å²) in [5, 5.41) is 2.82. The SMILES string of the molecule is C=C(Br)CNC(=O)C(C)(C)c1ccc(N)cc1. The maximum atomic E-state index is 12.1. The molecule has 0 bridgehead atoms. The van der Waals surface area contributed by atoms with E-state index in [1.54, 1.807) is 12.1 Å². The van der Waals surface area contributed by atoms with Crippen LogP contribution in [-0.2, 0) is 10.2 Å². The lowest BCUT2D eigenvalue weighted by Crippen LogP contribution is -2.40. The minimum Gasteiger partial charge on any atom is -0.399 e. The molecule has 17 heavy (non-hydrogen) atoms. The molecule has 1 aromatic rings. The second-order valence-electron chi connectivity index (χ2n) is 4.45. The summed E-state index contributed by atoms with van der Waals surface area (Å²) in [6, 6.07) is 7.34. The van der Waals surface area contributed by atoms with Gasteiger partial charge in [-0.1, -0.05) is 34.6 Å². The van der Waals surface area contributed by atoms with Crippen molar-refractivity contribution in [2.24, 2.45) is 0 Å². The number of hydrogen-bond acceptors (Lipinski definition) is 2. The van der Waals surface area contributed by atoms with Crippen molar-refractivity contribution in [3.05, 3.63) is 40.9 Å². The summed E-state index contributed by atoms with van der Waals surface area (Å²) in [5.41, 5.74) is 6.67. The highest BCUT2D eigenvalue weighted by Crippen LogP contribution is 2.24. The van der Waals surface area contributed by atoms with E-state index in [9.17, 15) is 4.79 Å². The molecule has 0 spiro atoms. The molecule has 3 nitrogen and oxygen atoms in total. The zero-order chi connectivity index (χ0) is 13.1. The summed E-state index contributed by atoms with van der Waals surface area (Å²) in [6.45, 7) is 7.87. The molecule has 0 atom stereocenters. The maximum absolute atomic E-state index is 12.1. The number of nitrogens with one attached hydrogen (secondary N) is 1. The standard InChI is InChI=1S/C13H17BrN2O/c1-9(14)8-16-12(17)13(2,3)10-4-6-11(15)7-5-10/h4-7H,1,8,15H2,2-3H3,(H,16,17). The Labute approximate surface area is 110 Å². The fourth-order valence-electron chi connectivity index (χ4n) is 1.43. The quantitative estimate of drug-likeness (QED) is 0.839. The summed E-state index contributed by atoms with van der Waals surface area (Å²) in [4.78, 5) is 12.1. The summed E-state index contributed by atoms with van der Waals surface area (Å²) >= 11 is 3.21. The summed E-state index contributed by atoms with van der Waals surface area (Å²) in [5.74, 6) is -0.0390. The van der Waals surface area contributed by atoms with Gasteiger partial charge in [0.2, 0.25) is 5.91 Å². The van der Waals surface area contributed by atoms with E-state index in [0.717, 1.165) is 10.0 Å². The van der Waals surface area contributed by atoms with Crippen molar-refractivity contribution in [3.63, 3.8) is 0 Å². The number of carbonyl (C=O) groups is 1. The molecule has 0 heterocycles. The molecule has 0 aromatic heterocycles. The van der Waals surface area contributed by atoms with Crippen molar-refractivity contribution < 1.29 is 4.79 Å². The van der Waals surface area contributed by atoms with Crippen LogP contribution in [0, 0.1) is 0 Å². The molecule has 0 saturated heterocycles. The molecule has 92 valence electrons. The smallest absolute Gasteiger partial charge is 0.230 e. The predicted molar refractivity (Wildman–Crippen MR) is 75.0 cm³/mol. The van der Waals surface area contributed by atoms with E-state index in [2.05, 4.69) is 27.8 Å². The van der Waals surface area contributed by atoms with E-state index < -0.39 is 5.41 Å². The molecule has 0 saturated carbocycles.